The molecule has 310 valence electrons. The maximum absolute atomic E-state index is 14.1. The SMILES string of the molecule is CCn1c(-c2cccnc2[C@H](C)OC)c(CC(C)(C)COC=O)c2cc(-c3cc(O)cc(C[C@H](NC(=O)[C@@H]4[C@H](C)CCN4C(C)=O)C(=O)N4CCCCN4)c3)ccc21. The summed E-state index contributed by atoms with van der Waals surface area (Å²) in [5.74, 6) is -0.826. The van der Waals surface area contributed by atoms with Gasteiger partial charge in [0, 0.05) is 74.7 Å². The molecule has 13 heteroatoms. The van der Waals surface area contributed by atoms with Crippen LogP contribution in [0.25, 0.3) is 33.3 Å². The fraction of sp³-hybridized carbons (Fsp3) is 0.489. The van der Waals surface area contributed by atoms with Crippen LogP contribution in [0.1, 0.15) is 83.7 Å². The number of aryl methyl sites for hydroxylation is 1. The minimum atomic E-state index is -0.941. The number of aromatic nitrogens is 2. The number of nitrogens with one attached hydrogen (secondary N) is 2. The number of aromatic hydroxyl groups is 1. The van der Waals surface area contributed by atoms with Gasteiger partial charge in [0.1, 0.15) is 17.8 Å². The number of rotatable bonds is 15. The standard InChI is InChI=1S/C45H58N6O7/c1-8-49-39-14-13-32(24-36(39)37(25-45(5,6)26-58-27-52)42(49)35-12-11-16-46-40(35)29(3)57-7)33-20-31(21-34(54)23-33)22-38(44(56)51-18-10-9-17-47-51)48-43(55)41-28(2)15-19-50(41)30(4)53/h11-14,16,20-21,23-24,27-29,38,41,47,54H,8-10,15,17-19,22,25-26H2,1-7H3,(H,48,55)/t28-,29+,38+,41+/m1/s1. The Labute approximate surface area is 341 Å². The van der Waals surface area contributed by atoms with E-state index in [1.807, 2.05) is 32.0 Å². The third-order valence-electron chi connectivity index (χ3n) is 11.6. The van der Waals surface area contributed by atoms with Crippen molar-refractivity contribution in [3.05, 3.63) is 71.5 Å². The number of fused-ring (bicyclic) bond motifs is 1. The first-order chi connectivity index (χ1) is 27.8. The van der Waals surface area contributed by atoms with Gasteiger partial charge in [-0.05, 0) is 104 Å². The highest BCUT2D eigenvalue weighted by Gasteiger charge is 2.40. The van der Waals surface area contributed by atoms with E-state index in [9.17, 15) is 24.3 Å². The molecule has 13 nitrogen and oxygen atoms in total. The molecule has 0 spiro atoms. The van der Waals surface area contributed by atoms with Gasteiger partial charge in [0.2, 0.25) is 11.8 Å². The first-order valence-corrected chi connectivity index (χ1v) is 20.4. The number of pyridine rings is 1. The zero-order chi connectivity index (χ0) is 41.7. The number of likely N-dealkylation sites (tertiary alicyclic amines) is 1. The molecule has 3 amide bonds. The van der Waals surface area contributed by atoms with Crippen LogP contribution in [-0.2, 0) is 48.0 Å². The van der Waals surface area contributed by atoms with Gasteiger partial charge in [-0.15, -0.1) is 0 Å². The minimum Gasteiger partial charge on any atom is -0.508 e. The van der Waals surface area contributed by atoms with Gasteiger partial charge >= 0.3 is 0 Å². The van der Waals surface area contributed by atoms with Crippen molar-refractivity contribution in [3.63, 3.8) is 0 Å². The zero-order valence-corrected chi connectivity index (χ0v) is 34.8. The molecule has 0 saturated carbocycles. The quantitative estimate of drug-likeness (QED) is 0.124. The lowest BCUT2D eigenvalue weighted by Crippen LogP contribution is -2.58. The van der Waals surface area contributed by atoms with Crippen LogP contribution in [0.2, 0.25) is 0 Å². The van der Waals surface area contributed by atoms with Gasteiger partial charge in [0.15, 0.2) is 0 Å². The third kappa shape index (κ3) is 9.05. The van der Waals surface area contributed by atoms with Gasteiger partial charge in [-0.3, -0.25) is 29.2 Å². The van der Waals surface area contributed by atoms with Crippen molar-refractivity contribution in [2.45, 2.75) is 98.4 Å². The third-order valence-corrected chi connectivity index (χ3v) is 11.6. The maximum atomic E-state index is 14.1. The fourth-order valence-corrected chi connectivity index (χ4v) is 8.68. The second-order valence-electron chi connectivity index (χ2n) is 16.5. The van der Waals surface area contributed by atoms with Crippen LogP contribution in [0.4, 0.5) is 0 Å². The van der Waals surface area contributed by atoms with Crippen LogP contribution in [0.15, 0.2) is 54.7 Å². The van der Waals surface area contributed by atoms with Crippen molar-refractivity contribution in [1.82, 2.24) is 30.2 Å². The van der Waals surface area contributed by atoms with Crippen LogP contribution in [0, 0.1) is 11.3 Å². The molecule has 0 unspecified atom stereocenters. The van der Waals surface area contributed by atoms with E-state index in [-0.39, 0.29) is 48.5 Å². The molecule has 4 aromatic rings. The van der Waals surface area contributed by atoms with Gasteiger partial charge < -0.3 is 29.4 Å². The Kier molecular flexibility index (Phi) is 13.2. The molecule has 2 aliphatic rings. The molecule has 2 saturated heterocycles. The zero-order valence-electron chi connectivity index (χ0n) is 34.8. The number of phenols is 1. The topological polar surface area (TPSA) is 155 Å². The number of methoxy groups -OCH3 is 1. The lowest BCUT2D eigenvalue weighted by molar-refractivity contribution is -0.142. The summed E-state index contributed by atoms with van der Waals surface area (Å²) >= 11 is 0. The van der Waals surface area contributed by atoms with Crippen molar-refractivity contribution >= 4 is 35.1 Å². The van der Waals surface area contributed by atoms with Crippen LogP contribution in [0.3, 0.4) is 0 Å². The summed E-state index contributed by atoms with van der Waals surface area (Å²) in [5, 5.41) is 16.8. The highest BCUT2D eigenvalue weighted by molar-refractivity contribution is 5.96. The molecule has 2 aromatic carbocycles. The van der Waals surface area contributed by atoms with Crippen molar-refractivity contribution in [2.24, 2.45) is 11.3 Å². The first kappa shape index (κ1) is 42.3. The predicted molar refractivity (Wildman–Crippen MR) is 222 cm³/mol. The summed E-state index contributed by atoms with van der Waals surface area (Å²) in [6, 6.07) is 13.9. The van der Waals surface area contributed by atoms with Crippen LogP contribution >= 0.6 is 0 Å². The van der Waals surface area contributed by atoms with E-state index in [2.05, 4.69) is 54.3 Å². The largest absolute Gasteiger partial charge is 0.508 e. The Morgan fingerprint density at radius 3 is 2.59 bits per heavy atom. The maximum Gasteiger partial charge on any atom is 0.293 e. The number of nitrogens with zero attached hydrogens (tertiary/aromatic N) is 4. The van der Waals surface area contributed by atoms with E-state index in [0.29, 0.717) is 51.1 Å². The molecule has 0 aliphatic carbocycles. The highest BCUT2D eigenvalue weighted by Crippen LogP contribution is 2.42. The predicted octanol–water partition coefficient (Wildman–Crippen LogP) is 5.96. The summed E-state index contributed by atoms with van der Waals surface area (Å²) in [7, 11) is 1.67. The smallest absolute Gasteiger partial charge is 0.293 e. The molecule has 2 aliphatic heterocycles. The fourth-order valence-electron chi connectivity index (χ4n) is 8.68. The first-order valence-electron chi connectivity index (χ1n) is 20.4. The second-order valence-corrected chi connectivity index (χ2v) is 16.5. The number of benzene rings is 2. The van der Waals surface area contributed by atoms with Crippen molar-refractivity contribution < 1.29 is 33.8 Å². The number of ether oxygens (including phenoxy) is 2. The molecule has 4 atom stereocenters. The second kappa shape index (κ2) is 18.1. The summed E-state index contributed by atoms with van der Waals surface area (Å²) in [6.45, 7) is 14.7. The Balaban J connectivity index is 1.43. The average molecular weight is 795 g/mol. The van der Waals surface area contributed by atoms with Gasteiger partial charge in [-0.25, -0.2) is 5.43 Å². The Bertz CT molecular complexity index is 2140. The molecule has 2 aromatic heterocycles. The van der Waals surface area contributed by atoms with Crippen molar-refractivity contribution in [1.29, 1.82) is 0 Å². The number of amides is 3. The summed E-state index contributed by atoms with van der Waals surface area (Å²) in [5.41, 5.74) is 9.90. The van der Waals surface area contributed by atoms with E-state index in [4.69, 9.17) is 14.5 Å². The monoisotopic (exact) mass is 794 g/mol. The Morgan fingerprint density at radius 1 is 1.10 bits per heavy atom. The van der Waals surface area contributed by atoms with E-state index < -0.39 is 17.5 Å². The van der Waals surface area contributed by atoms with Gasteiger partial charge in [-0.2, -0.15) is 0 Å². The normalized spacial score (nSPS) is 18.3. The van der Waals surface area contributed by atoms with E-state index in [1.165, 1.54) is 6.92 Å². The number of carbonyl (C=O) groups excluding carboxylic acids is 4. The van der Waals surface area contributed by atoms with E-state index in [1.54, 1.807) is 35.3 Å². The van der Waals surface area contributed by atoms with Crippen LogP contribution in [-0.4, -0.2) is 94.2 Å². The highest BCUT2D eigenvalue weighted by atomic mass is 16.5. The van der Waals surface area contributed by atoms with Gasteiger partial charge in [0.05, 0.1) is 24.1 Å². The molecular weight excluding hydrogens is 737 g/mol. The molecule has 0 radical (unpaired) electrons. The molecule has 3 N–H and O–H groups in total. The summed E-state index contributed by atoms with van der Waals surface area (Å²) in [6.07, 6.45) is 4.71. The van der Waals surface area contributed by atoms with Gasteiger partial charge in [0.25, 0.3) is 12.4 Å². The lowest BCUT2D eigenvalue weighted by atomic mass is 9.84. The molecule has 4 heterocycles. The molecule has 6 rings (SSSR count). The van der Waals surface area contributed by atoms with Crippen molar-refractivity contribution in [2.75, 3.05) is 33.4 Å². The summed E-state index contributed by atoms with van der Waals surface area (Å²) in [4.78, 5) is 58.0. The van der Waals surface area contributed by atoms with Crippen LogP contribution < -0.4 is 10.7 Å². The molecule has 58 heavy (non-hydrogen) atoms. The van der Waals surface area contributed by atoms with Crippen molar-refractivity contribution in [3.8, 4) is 28.1 Å². The number of hydrogen-bond acceptors (Lipinski definition) is 9. The Morgan fingerprint density at radius 2 is 1.90 bits per heavy atom. The Hall–Kier alpha value is -5.27. The number of phenolic OH excluding ortho intramolecular Hbond substituents is 1. The van der Waals surface area contributed by atoms with Crippen LogP contribution in [0.5, 0.6) is 5.75 Å². The summed E-state index contributed by atoms with van der Waals surface area (Å²) < 4.78 is 13.3. The molecule has 2 fully saturated rings. The lowest BCUT2D eigenvalue weighted by Gasteiger charge is -2.33. The van der Waals surface area contributed by atoms with Gasteiger partial charge in [-0.1, -0.05) is 32.9 Å². The number of hydrogen-bond donors (Lipinski definition) is 3. The number of hydrazine groups is 1. The van der Waals surface area contributed by atoms with E-state index >= 15 is 0 Å². The van der Waals surface area contributed by atoms with E-state index in [0.717, 1.165) is 57.4 Å². The average Bonchev–Trinajstić information content (AvgIpc) is 3.76. The number of carbonyl (C=O) groups is 4. The molecule has 0 bridgehead atoms. The minimum absolute atomic E-state index is 0.0288. The molecular formula is C45H58N6O7.